The first kappa shape index (κ1) is 18.2. The number of carbonyl (C=O) groups is 1. The van der Waals surface area contributed by atoms with Gasteiger partial charge in [-0.2, -0.15) is 0 Å². The van der Waals surface area contributed by atoms with Crippen LogP contribution in [-0.4, -0.2) is 37.0 Å². The second-order valence-electron chi connectivity index (χ2n) is 6.01. The summed E-state index contributed by atoms with van der Waals surface area (Å²) in [6.07, 6.45) is 0. The molecule has 26 heavy (non-hydrogen) atoms. The maximum absolute atomic E-state index is 12.5. The first-order chi connectivity index (χ1) is 12.5. The minimum Gasteiger partial charge on any atom is -0.363 e. The first-order valence-corrected chi connectivity index (χ1v) is 8.69. The maximum Gasteiger partial charge on any atom is 0.292 e. The summed E-state index contributed by atoms with van der Waals surface area (Å²) < 4.78 is 0. The SMILES string of the molecule is O=C(NCc1cccc(Cl)c1)c1ccc([N+](=O)[O-])c(N2CCNCC2)c1. The van der Waals surface area contributed by atoms with E-state index < -0.39 is 4.92 Å². The number of nitrogens with zero attached hydrogens (tertiary/aromatic N) is 2. The summed E-state index contributed by atoms with van der Waals surface area (Å²) in [6, 6.07) is 11.7. The van der Waals surface area contributed by atoms with Gasteiger partial charge in [-0.25, -0.2) is 0 Å². The van der Waals surface area contributed by atoms with Crippen LogP contribution >= 0.6 is 11.6 Å². The minimum atomic E-state index is -0.412. The van der Waals surface area contributed by atoms with Gasteiger partial charge in [-0.05, 0) is 29.8 Å². The Bertz CT molecular complexity index is 822. The summed E-state index contributed by atoms with van der Waals surface area (Å²) in [5, 5.41) is 18.0. The van der Waals surface area contributed by atoms with E-state index >= 15 is 0 Å². The van der Waals surface area contributed by atoms with Crippen LogP contribution in [-0.2, 0) is 6.54 Å². The Kier molecular flexibility index (Phi) is 5.70. The van der Waals surface area contributed by atoms with Gasteiger partial charge in [0.15, 0.2) is 0 Å². The van der Waals surface area contributed by atoms with E-state index in [-0.39, 0.29) is 11.6 Å². The lowest BCUT2D eigenvalue weighted by molar-refractivity contribution is -0.384. The van der Waals surface area contributed by atoms with Gasteiger partial charge >= 0.3 is 0 Å². The van der Waals surface area contributed by atoms with Crippen molar-refractivity contribution in [2.75, 3.05) is 31.1 Å². The van der Waals surface area contributed by atoms with Crippen LogP contribution in [0.1, 0.15) is 15.9 Å². The molecule has 1 aliphatic rings. The second kappa shape index (κ2) is 8.16. The predicted molar refractivity (Wildman–Crippen MR) is 101 cm³/mol. The van der Waals surface area contributed by atoms with Crippen molar-refractivity contribution in [3.8, 4) is 0 Å². The zero-order valence-electron chi connectivity index (χ0n) is 14.1. The fourth-order valence-corrected chi connectivity index (χ4v) is 3.12. The molecule has 0 spiro atoms. The zero-order chi connectivity index (χ0) is 18.5. The number of carbonyl (C=O) groups excluding carboxylic acids is 1. The molecular weight excluding hydrogens is 356 g/mol. The van der Waals surface area contributed by atoms with Gasteiger partial charge in [-0.1, -0.05) is 23.7 Å². The highest BCUT2D eigenvalue weighted by molar-refractivity contribution is 6.30. The van der Waals surface area contributed by atoms with E-state index in [4.69, 9.17) is 11.6 Å². The molecule has 0 aliphatic carbocycles. The molecule has 1 aliphatic heterocycles. The van der Waals surface area contributed by atoms with Crippen molar-refractivity contribution in [3.63, 3.8) is 0 Å². The molecule has 2 aromatic rings. The lowest BCUT2D eigenvalue weighted by Gasteiger charge is -2.29. The highest BCUT2D eigenvalue weighted by Gasteiger charge is 2.22. The summed E-state index contributed by atoms with van der Waals surface area (Å²) in [4.78, 5) is 25.3. The molecule has 1 fully saturated rings. The molecule has 0 bridgehead atoms. The Hall–Kier alpha value is -2.64. The largest absolute Gasteiger partial charge is 0.363 e. The molecular formula is C18H19ClN4O3. The highest BCUT2D eigenvalue weighted by atomic mass is 35.5. The average molecular weight is 375 g/mol. The van der Waals surface area contributed by atoms with E-state index in [1.807, 2.05) is 17.0 Å². The zero-order valence-corrected chi connectivity index (χ0v) is 14.8. The standard InChI is InChI=1S/C18H19ClN4O3/c19-15-3-1-2-13(10-15)12-21-18(24)14-4-5-16(23(25)26)17(11-14)22-8-6-20-7-9-22/h1-5,10-11,20H,6-9,12H2,(H,21,24). The van der Waals surface area contributed by atoms with Gasteiger partial charge in [0.1, 0.15) is 5.69 Å². The number of hydrogen-bond acceptors (Lipinski definition) is 5. The number of halogens is 1. The maximum atomic E-state index is 12.5. The molecule has 2 N–H and O–H groups in total. The van der Waals surface area contributed by atoms with Crippen LogP contribution in [0.3, 0.4) is 0 Å². The van der Waals surface area contributed by atoms with Crippen LogP contribution < -0.4 is 15.5 Å². The second-order valence-corrected chi connectivity index (χ2v) is 6.45. The lowest BCUT2D eigenvalue weighted by atomic mass is 10.1. The number of benzene rings is 2. The van der Waals surface area contributed by atoms with Gasteiger partial charge in [0.2, 0.25) is 0 Å². The minimum absolute atomic E-state index is 0.0123. The number of hydrogen-bond donors (Lipinski definition) is 2. The number of nitro groups is 1. The Morgan fingerprint density at radius 3 is 2.69 bits per heavy atom. The van der Waals surface area contributed by atoms with E-state index in [1.165, 1.54) is 12.1 Å². The van der Waals surface area contributed by atoms with Gasteiger partial charge in [0.05, 0.1) is 4.92 Å². The van der Waals surface area contributed by atoms with Gasteiger partial charge in [0.25, 0.3) is 11.6 Å². The number of rotatable bonds is 5. The number of piperazine rings is 1. The predicted octanol–water partition coefficient (Wildman–Crippen LogP) is 2.59. The van der Waals surface area contributed by atoms with Crippen molar-refractivity contribution in [1.82, 2.24) is 10.6 Å². The average Bonchev–Trinajstić information content (AvgIpc) is 2.66. The van der Waals surface area contributed by atoms with Crippen molar-refractivity contribution >= 4 is 28.9 Å². The molecule has 1 amide bonds. The fraction of sp³-hybridized carbons (Fsp3) is 0.278. The van der Waals surface area contributed by atoms with Gasteiger partial charge < -0.3 is 15.5 Å². The third-order valence-corrected chi connectivity index (χ3v) is 4.47. The fourth-order valence-electron chi connectivity index (χ4n) is 2.91. The van der Waals surface area contributed by atoms with Crippen molar-refractivity contribution in [1.29, 1.82) is 0 Å². The van der Waals surface area contributed by atoms with Crippen LogP contribution in [0.2, 0.25) is 5.02 Å². The Morgan fingerprint density at radius 1 is 1.23 bits per heavy atom. The molecule has 0 aromatic heterocycles. The van der Waals surface area contributed by atoms with E-state index in [0.29, 0.717) is 35.9 Å². The summed E-state index contributed by atoms with van der Waals surface area (Å²) in [5.74, 6) is -0.281. The Balaban J connectivity index is 1.78. The van der Waals surface area contributed by atoms with Crippen molar-refractivity contribution in [2.45, 2.75) is 6.54 Å². The summed E-state index contributed by atoms with van der Waals surface area (Å²) in [6.45, 7) is 3.16. The monoisotopic (exact) mass is 374 g/mol. The van der Waals surface area contributed by atoms with Crippen LogP contribution in [0.25, 0.3) is 0 Å². The lowest BCUT2D eigenvalue weighted by Crippen LogP contribution is -2.43. The van der Waals surface area contributed by atoms with Crippen molar-refractivity contribution in [2.24, 2.45) is 0 Å². The molecule has 3 rings (SSSR count). The highest BCUT2D eigenvalue weighted by Crippen LogP contribution is 2.29. The number of nitrogens with one attached hydrogen (secondary N) is 2. The van der Waals surface area contributed by atoms with E-state index in [1.54, 1.807) is 18.2 Å². The summed E-state index contributed by atoms with van der Waals surface area (Å²) in [5.41, 5.74) is 1.77. The third kappa shape index (κ3) is 4.30. The van der Waals surface area contributed by atoms with E-state index in [9.17, 15) is 14.9 Å². The molecule has 136 valence electrons. The third-order valence-electron chi connectivity index (χ3n) is 4.23. The number of anilines is 1. The number of nitro benzene ring substituents is 1. The van der Waals surface area contributed by atoms with Crippen molar-refractivity contribution in [3.05, 3.63) is 68.7 Å². The molecule has 2 aromatic carbocycles. The van der Waals surface area contributed by atoms with Crippen LogP contribution in [0.15, 0.2) is 42.5 Å². The normalized spacial score (nSPS) is 14.1. The van der Waals surface area contributed by atoms with Crippen LogP contribution in [0.4, 0.5) is 11.4 Å². The topological polar surface area (TPSA) is 87.5 Å². The quantitative estimate of drug-likeness (QED) is 0.620. The first-order valence-electron chi connectivity index (χ1n) is 8.31. The molecule has 0 saturated carbocycles. The van der Waals surface area contributed by atoms with Crippen LogP contribution in [0.5, 0.6) is 0 Å². The molecule has 0 unspecified atom stereocenters. The van der Waals surface area contributed by atoms with Crippen molar-refractivity contribution < 1.29 is 9.72 Å². The summed E-state index contributed by atoms with van der Waals surface area (Å²) in [7, 11) is 0. The van der Waals surface area contributed by atoms with Gasteiger partial charge in [-0.15, -0.1) is 0 Å². The van der Waals surface area contributed by atoms with Crippen LogP contribution in [0, 0.1) is 10.1 Å². The molecule has 0 radical (unpaired) electrons. The Labute approximate surface area is 156 Å². The molecule has 7 nitrogen and oxygen atoms in total. The number of amides is 1. The Morgan fingerprint density at radius 2 is 2.00 bits per heavy atom. The van der Waals surface area contributed by atoms with E-state index in [0.717, 1.165) is 18.7 Å². The smallest absolute Gasteiger partial charge is 0.292 e. The van der Waals surface area contributed by atoms with Gasteiger partial charge in [-0.3, -0.25) is 14.9 Å². The van der Waals surface area contributed by atoms with E-state index in [2.05, 4.69) is 10.6 Å². The molecule has 1 saturated heterocycles. The summed E-state index contributed by atoms with van der Waals surface area (Å²) >= 11 is 5.94. The molecule has 1 heterocycles. The van der Waals surface area contributed by atoms with Gasteiger partial charge in [0, 0.05) is 49.4 Å². The molecule has 8 heteroatoms. The molecule has 0 atom stereocenters.